The predicted octanol–water partition coefficient (Wildman–Crippen LogP) is 0.134. The third-order valence-corrected chi connectivity index (χ3v) is 2.48. The maximum absolute atomic E-state index is 11.7. The van der Waals surface area contributed by atoms with Gasteiger partial charge in [-0.2, -0.15) is 0 Å². The standard InChI is InChI=1S/C11H19NO5/c1-11(2)16-9(14)8(10(15)17-11)7-12(3,4)5-6-13/h13H,5-7H2,1-4H3/p+1. The van der Waals surface area contributed by atoms with Crippen LogP contribution in [0.3, 0.4) is 0 Å². The van der Waals surface area contributed by atoms with Gasteiger partial charge < -0.3 is 24.2 Å². The summed E-state index contributed by atoms with van der Waals surface area (Å²) >= 11 is 0. The van der Waals surface area contributed by atoms with Gasteiger partial charge >= 0.3 is 5.97 Å². The third kappa shape index (κ3) is 3.61. The first-order chi connectivity index (χ1) is 7.67. The van der Waals surface area contributed by atoms with Gasteiger partial charge in [-0.1, -0.05) is 0 Å². The van der Waals surface area contributed by atoms with Gasteiger partial charge in [0.1, 0.15) is 13.1 Å². The number of aliphatic hydroxyl groups is 2. The topological polar surface area (TPSA) is 76.0 Å². The van der Waals surface area contributed by atoms with Gasteiger partial charge in [0.05, 0.1) is 20.7 Å². The molecule has 0 spiro atoms. The quantitative estimate of drug-likeness (QED) is 0.545. The molecule has 0 aromatic heterocycles. The molecule has 0 unspecified atom stereocenters. The van der Waals surface area contributed by atoms with Crippen molar-refractivity contribution in [2.75, 3.05) is 33.8 Å². The highest BCUT2D eigenvalue weighted by Crippen LogP contribution is 2.26. The first kappa shape index (κ1) is 13.8. The summed E-state index contributed by atoms with van der Waals surface area (Å²) in [6.45, 7) is 3.80. The van der Waals surface area contributed by atoms with Crippen LogP contribution < -0.4 is 0 Å². The Kier molecular flexibility index (Phi) is 3.68. The molecule has 0 bridgehead atoms. The fourth-order valence-electron chi connectivity index (χ4n) is 1.60. The second kappa shape index (κ2) is 4.54. The number of nitrogens with zero attached hydrogens (tertiary/aromatic N) is 1. The second-order valence-electron chi connectivity index (χ2n) is 5.22. The number of carbonyl (C=O) groups is 1. The van der Waals surface area contributed by atoms with Crippen molar-refractivity contribution in [3.8, 4) is 0 Å². The van der Waals surface area contributed by atoms with E-state index in [0.717, 1.165) is 0 Å². The van der Waals surface area contributed by atoms with E-state index in [1.54, 1.807) is 13.8 Å². The number of hydrogen-bond acceptors (Lipinski definition) is 5. The first-order valence-corrected chi connectivity index (χ1v) is 5.44. The number of ether oxygens (including phenoxy) is 2. The number of likely N-dealkylation sites (N-methyl/N-ethyl adjacent to an activating group) is 1. The smallest absolute Gasteiger partial charge is 0.350 e. The Morgan fingerprint density at radius 2 is 1.88 bits per heavy atom. The van der Waals surface area contributed by atoms with Gasteiger partial charge in [-0.05, 0) is 0 Å². The van der Waals surface area contributed by atoms with Crippen LogP contribution >= 0.6 is 0 Å². The lowest BCUT2D eigenvalue weighted by atomic mass is 10.2. The Bertz CT molecular complexity index is 346. The van der Waals surface area contributed by atoms with Crippen LogP contribution in [-0.2, 0) is 14.3 Å². The monoisotopic (exact) mass is 246 g/mol. The summed E-state index contributed by atoms with van der Waals surface area (Å²) in [4.78, 5) is 11.7. The summed E-state index contributed by atoms with van der Waals surface area (Å²) in [6.07, 6.45) is 0. The van der Waals surface area contributed by atoms with Crippen LogP contribution in [0.15, 0.2) is 11.5 Å². The summed E-state index contributed by atoms with van der Waals surface area (Å²) in [7, 11) is 3.67. The maximum atomic E-state index is 11.7. The zero-order valence-electron chi connectivity index (χ0n) is 10.7. The average molecular weight is 246 g/mol. The number of aliphatic hydroxyl groups excluding tert-OH is 2. The predicted molar refractivity (Wildman–Crippen MR) is 59.8 cm³/mol. The summed E-state index contributed by atoms with van der Waals surface area (Å²) < 4.78 is 10.5. The van der Waals surface area contributed by atoms with E-state index in [-0.39, 0.29) is 18.7 Å². The molecule has 1 heterocycles. The molecule has 2 N–H and O–H groups in total. The lowest BCUT2D eigenvalue weighted by molar-refractivity contribution is -0.885. The van der Waals surface area contributed by atoms with Crippen LogP contribution in [0.1, 0.15) is 13.8 Å². The van der Waals surface area contributed by atoms with E-state index in [1.807, 2.05) is 14.1 Å². The zero-order chi connectivity index (χ0) is 13.3. The van der Waals surface area contributed by atoms with E-state index in [9.17, 15) is 9.90 Å². The minimum Gasteiger partial charge on any atom is -0.480 e. The number of esters is 1. The number of rotatable bonds is 4. The number of cyclic esters (lactones) is 1. The second-order valence-corrected chi connectivity index (χ2v) is 5.22. The number of hydrogen-bond donors (Lipinski definition) is 2. The molecule has 6 heteroatoms. The SMILES string of the molecule is CC1(C)OC(=O)C(C[N+](C)(C)CCO)=C(O)O1. The van der Waals surface area contributed by atoms with E-state index >= 15 is 0 Å². The highest BCUT2D eigenvalue weighted by molar-refractivity contribution is 5.89. The zero-order valence-corrected chi connectivity index (χ0v) is 10.7. The van der Waals surface area contributed by atoms with Crippen LogP contribution in [0, 0.1) is 0 Å². The number of carbonyl (C=O) groups excluding carboxylic acids is 1. The molecule has 0 radical (unpaired) electrons. The molecule has 1 rings (SSSR count). The van der Waals surface area contributed by atoms with Gasteiger partial charge in [0.2, 0.25) is 0 Å². The highest BCUT2D eigenvalue weighted by Gasteiger charge is 2.38. The van der Waals surface area contributed by atoms with E-state index in [2.05, 4.69) is 0 Å². The Morgan fingerprint density at radius 3 is 2.35 bits per heavy atom. The number of quaternary nitrogens is 1. The largest absolute Gasteiger partial charge is 0.480 e. The molecule has 0 atom stereocenters. The van der Waals surface area contributed by atoms with Crippen molar-refractivity contribution >= 4 is 5.97 Å². The van der Waals surface area contributed by atoms with Crippen LogP contribution in [0.5, 0.6) is 0 Å². The molecule has 1 aliphatic rings. The van der Waals surface area contributed by atoms with E-state index < -0.39 is 17.7 Å². The summed E-state index contributed by atoms with van der Waals surface area (Å²) in [5.74, 6) is -2.11. The van der Waals surface area contributed by atoms with Crippen LogP contribution in [0.25, 0.3) is 0 Å². The molecule has 0 saturated carbocycles. The summed E-state index contributed by atoms with van der Waals surface area (Å²) in [5, 5.41) is 18.6. The van der Waals surface area contributed by atoms with E-state index in [0.29, 0.717) is 11.0 Å². The van der Waals surface area contributed by atoms with Gasteiger partial charge in [0.15, 0.2) is 5.57 Å². The highest BCUT2D eigenvalue weighted by atomic mass is 16.8. The van der Waals surface area contributed by atoms with Crippen LogP contribution in [0.2, 0.25) is 0 Å². The third-order valence-electron chi connectivity index (χ3n) is 2.48. The molecule has 0 fully saturated rings. The molecule has 6 nitrogen and oxygen atoms in total. The molecular weight excluding hydrogens is 226 g/mol. The first-order valence-electron chi connectivity index (χ1n) is 5.44. The Balaban J connectivity index is 2.87. The van der Waals surface area contributed by atoms with Gasteiger partial charge in [-0.25, -0.2) is 4.79 Å². The molecular formula is C11H20NO5+. The van der Waals surface area contributed by atoms with Crippen molar-refractivity contribution in [3.05, 3.63) is 11.5 Å². The fraction of sp³-hybridized carbons (Fsp3) is 0.727. The van der Waals surface area contributed by atoms with E-state index in [4.69, 9.17) is 14.6 Å². The van der Waals surface area contributed by atoms with Crippen LogP contribution in [-0.4, -0.2) is 60.2 Å². The van der Waals surface area contributed by atoms with Crippen molar-refractivity contribution in [2.24, 2.45) is 0 Å². The molecule has 0 aromatic carbocycles. The van der Waals surface area contributed by atoms with Gasteiger partial charge in [-0.15, -0.1) is 0 Å². The summed E-state index contributed by atoms with van der Waals surface area (Å²) in [6, 6.07) is 0. The lowest BCUT2D eigenvalue weighted by Crippen LogP contribution is -2.47. The van der Waals surface area contributed by atoms with Crippen LogP contribution in [0.4, 0.5) is 0 Å². The van der Waals surface area contributed by atoms with Gasteiger partial charge in [-0.3, -0.25) is 0 Å². The average Bonchev–Trinajstić information content (AvgIpc) is 2.10. The van der Waals surface area contributed by atoms with Crippen molar-refractivity contribution < 1.29 is 29.0 Å². The summed E-state index contributed by atoms with van der Waals surface area (Å²) in [5.41, 5.74) is 0.0998. The van der Waals surface area contributed by atoms with Gasteiger partial charge in [0, 0.05) is 13.8 Å². The Morgan fingerprint density at radius 1 is 1.29 bits per heavy atom. The molecule has 1 aliphatic heterocycles. The van der Waals surface area contributed by atoms with Gasteiger partial charge in [0.25, 0.3) is 11.7 Å². The minimum absolute atomic E-state index is 0.00242. The molecule has 17 heavy (non-hydrogen) atoms. The molecule has 0 amide bonds. The lowest BCUT2D eigenvalue weighted by Gasteiger charge is -2.34. The fourth-order valence-corrected chi connectivity index (χ4v) is 1.60. The molecule has 0 aliphatic carbocycles. The maximum Gasteiger partial charge on any atom is 0.350 e. The molecule has 0 aromatic rings. The Labute approximate surface area is 101 Å². The Hall–Kier alpha value is -1.27. The molecule has 98 valence electrons. The van der Waals surface area contributed by atoms with Crippen molar-refractivity contribution in [3.63, 3.8) is 0 Å². The van der Waals surface area contributed by atoms with Crippen molar-refractivity contribution in [1.29, 1.82) is 0 Å². The molecule has 0 saturated heterocycles. The normalized spacial score (nSPS) is 19.9. The van der Waals surface area contributed by atoms with E-state index in [1.165, 1.54) is 0 Å². The van der Waals surface area contributed by atoms with Crippen molar-refractivity contribution in [1.82, 2.24) is 0 Å². The van der Waals surface area contributed by atoms with Crippen molar-refractivity contribution in [2.45, 2.75) is 19.6 Å². The minimum atomic E-state index is -1.14.